The third-order valence-electron chi connectivity index (χ3n) is 11.0. The van der Waals surface area contributed by atoms with E-state index >= 15 is 4.79 Å². The van der Waals surface area contributed by atoms with Gasteiger partial charge < -0.3 is 9.84 Å². The molecule has 8 rings (SSSR count). The van der Waals surface area contributed by atoms with E-state index < -0.39 is 46.8 Å². The molecule has 9 heteroatoms. The van der Waals surface area contributed by atoms with E-state index in [1.54, 1.807) is 42.5 Å². The van der Waals surface area contributed by atoms with Gasteiger partial charge in [0.05, 0.1) is 42.5 Å². The molecular weight excluding hydrogens is 640 g/mol. The maximum absolute atomic E-state index is 15.3. The van der Waals surface area contributed by atoms with E-state index in [0.29, 0.717) is 27.6 Å². The molecule has 3 fully saturated rings. The number of carbonyl (C=O) groups excluding carboxylic acids is 4. The van der Waals surface area contributed by atoms with Gasteiger partial charge in [-0.05, 0) is 60.2 Å². The van der Waals surface area contributed by atoms with Gasteiger partial charge in [0.2, 0.25) is 23.6 Å². The smallest absolute Gasteiger partial charge is 0.246 e. The van der Waals surface area contributed by atoms with Crippen molar-refractivity contribution in [3.05, 3.63) is 136 Å². The number of phenolic OH excluding ortho intramolecular Hbond substituents is 1. The van der Waals surface area contributed by atoms with E-state index in [9.17, 15) is 19.5 Å². The summed E-state index contributed by atoms with van der Waals surface area (Å²) in [5, 5.41) is 12.0. The second kappa shape index (κ2) is 11.7. The number of benzene rings is 4. The number of halogens is 1. The predicted molar refractivity (Wildman–Crippen MR) is 183 cm³/mol. The summed E-state index contributed by atoms with van der Waals surface area (Å²) < 4.78 is 5.84. The van der Waals surface area contributed by atoms with Crippen molar-refractivity contribution in [2.75, 3.05) is 12.0 Å². The van der Waals surface area contributed by atoms with Crippen LogP contribution >= 0.6 is 11.6 Å². The highest BCUT2D eigenvalue weighted by Gasteiger charge is 2.70. The summed E-state index contributed by atoms with van der Waals surface area (Å²) in [6.45, 7) is 0.154. The van der Waals surface area contributed by atoms with Crippen LogP contribution in [0.2, 0.25) is 5.02 Å². The molecule has 2 saturated heterocycles. The van der Waals surface area contributed by atoms with Gasteiger partial charge >= 0.3 is 0 Å². The van der Waals surface area contributed by atoms with Crippen LogP contribution in [0.1, 0.15) is 35.4 Å². The fourth-order valence-electron chi connectivity index (χ4n) is 9.05. The van der Waals surface area contributed by atoms with Crippen LogP contribution in [0.15, 0.2) is 115 Å². The Morgan fingerprint density at radius 2 is 1.55 bits per heavy atom. The lowest BCUT2D eigenvalue weighted by molar-refractivity contribution is -0.141. The van der Waals surface area contributed by atoms with Gasteiger partial charge in [-0.2, -0.15) is 0 Å². The number of phenols is 1. The summed E-state index contributed by atoms with van der Waals surface area (Å²) in [6.07, 6.45) is 2.42. The molecule has 4 aromatic rings. The van der Waals surface area contributed by atoms with Crippen molar-refractivity contribution in [2.24, 2.45) is 23.7 Å². The Kier molecular flexibility index (Phi) is 7.45. The van der Waals surface area contributed by atoms with Crippen LogP contribution in [-0.2, 0) is 31.1 Å². The summed E-state index contributed by atoms with van der Waals surface area (Å²) in [5.41, 5.74) is 1.38. The van der Waals surface area contributed by atoms with Crippen LogP contribution in [0.4, 0.5) is 5.69 Å². The molecule has 0 spiro atoms. The van der Waals surface area contributed by atoms with Crippen molar-refractivity contribution in [3.8, 4) is 11.5 Å². The first-order valence-corrected chi connectivity index (χ1v) is 16.8. The second-order valence-electron chi connectivity index (χ2n) is 13.2. The standard InChI is InChI=1S/C40H33ClN2O6/c1-49-32-17-9-16-31(44)34(32)35-27-18-19-28-33(38(47)42(36(28)45)22-23-10-4-2-5-11-23)29(27)21-30-37(46)43(26-15-8-14-25(41)20-26)39(48)40(30,35)24-12-6-3-7-13-24/h2-18,20,28-30,33,35,44H,19,21-22H2,1H3/t28-,29+,30-,33-,35+,40+/m0/s1. The van der Waals surface area contributed by atoms with Gasteiger partial charge in [-0.1, -0.05) is 96.0 Å². The lowest BCUT2D eigenvalue weighted by atomic mass is 9.49. The highest BCUT2D eigenvalue weighted by molar-refractivity contribution is 6.32. The zero-order valence-corrected chi connectivity index (χ0v) is 27.4. The highest BCUT2D eigenvalue weighted by Crippen LogP contribution is 2.66. The van der Waals surface area contributed by atoms with Gasteiger partial charge in [0, 0.05) is 16.5 Å². The first-order chi connectivity index (χ1) is 23.8. The van der Waals surface area contributed by atoms with Crippen molar-refractivity contribution >= 4 is 40.9 Å². The Hall–Kier alpha value is -5.21. The SMILES string of the molecule is COc1cccc(O)c1[C@H]1C2=CC[C@@H]3C(=O)N(Cc4ccccc4)C(=O)[C@@H]3[C@@H]2C[C@H]2C(=O)N(c3cccc(Cl)c3)C(=O)[C@@]12c1ccccc1. The number of hydrogen-bond donors (Lipinski definition) is 1. The number of fused-ring (bicyclic) bond motifs is 4. The first kappa shape index (κ1) is 31.1. The second-order valence-corrected chi connectivity index (χ2v) is 13.7. The highest BCUT2D eigenvalue weighted by atomic mass is 35.5. The Morgan fingerprint density at radius 1 is 0.837 bits per heavy atom. The van der Waals surface area contributed by atoms with Crippen LogP contribution in [-0.4, -0.2) is 40.7 Å². The molecule has 1 saturated carbocycles. The Labute approximate surface area is 288 Å². The third kappa shape index (κ3) is 4.50. The molecule has 6 atom stereocenters. The number of hydrogen-bond acceptors (Lipinski definition) is 6. The summed E-state index contributed by atoms with van der Waals surface area (Å²) in [5.74, 6) is -4.86. The van der Waals surface area contributed by atoms with Gasteiger partial charge in [0.1, 0.15) is 11.5 Å². The molecule has 0 aromatic heterocycles. The number of allylic oxidation sites excluding steroid dienone is 2. The predicted octanol–water partition coefficient (Wildman–Crippen LogP) is 6.42. The minimum absolute atomic E-state index is 0.0944. The molecule has 2 aliphatic heterocycles. The fourth-order valence-corrected chi connectivity index (χ4v) is 9.23. The third-order valence-corrected chi connectivity index (χ3v) is 11.2. The monoisotopic (exact) mass is 672 g/mol. The summed E-state index contributed by atoms with van der Waals surface area (Å²) in [7, 11) is 1.50. The van der Waals surface area contributed by atoms with Crippen molar-refractivity contribution < 1.29 is 29.0 Å². The van der Waals surface area contributed by atoms with E-state index in [4.69, 9.17) is 16.3 Å². The summed E-state index contributed by atoms with van der Waals surface area (Å²) in [6, 6.07) is 30.2. The van der Waals surface area contributed by atoms with Crippen LogP contribution in [0, 0.1) is 23.7 Å². The molecular formula is C40H33ClN2O6. The zero-order chi connectivity index (χ0) is 34.0. The maximum atomic E-state index is 15.3. The quantitative estimate of drug-likeness (QED) is 0.187. The summed E-state index contributed by atoms with van der Waals surface area (Å²) in [4.78, 5) is 61.0. The van der Waals surface area contributed by atoms with Crippen molar-refractivity contribution in [2.45, 2.75) is 30.7 Å². The van der Waals surface area contributed by atoms with Crippen molar-refractivity contribution in [1.29, 1.82) is 0 Å². The largest absolute Gasteiger partial charge is 0.508 e. The minimum atomic E-state index is -1.52. The molecule has 4 amide bonds. The molecule has 8 nitrogen and oxygen atoms in total. The lowest BCUT2D eigenvalue weighted by Crippen LogP contribution is -2.53. The fraction of sp³-hybridized carbons (Fsp3) is 0.250. The first-order valence-electron chi connectivity index (χ1n) is 16.4. The molecule has 4 aromatic carbocycles. The van der Waals surface area contributed by atoms with Gasteiger partial charge in [-0.3, -0.25) is 24.1 Å². The van der Waals surface area contributed by atoms with E-state index in [1.165, 1.54) is 16.9 Å². The number of anilines is 1. The molecule has 1 N–H and O–H groups in total. The molecule has 2 aliphatic carbocycles. The topological polar surface area (TPSA) is 104 Å². The Morgan fingerprint density at radius 3 is 2.27 bits per heavy atom. The maximum Gasteiger partial charge on any atom is 0.246 e. The Balaban J connectivity index is 1.35. The number of imide groups is 2. The van der Waals surface area contributed by atoms with E-state index in [1.807, 2.05) is 66.7 Å². The molecule has 4 aliphatic rings. The van der Waals surface area contributed by atoms with Crippen LogP contribution in [0.25, 0.3) is 0 Å². The molecule has 2 heterocycles. The zero-order valence-electron chi connectivity index (χ0n) is 26.7. The lowest BCUT2D eigenvalue weighted by Gasteiger charge is -2.51. The molecule has 246 valence electrons. The molecule has 49 heavy (non-hydrogen) atoms. The number of ether oxygens (including phenoxy) is 1. The van der Waals surface area contributed by atoms with Gasteiger partial charge in [-0.25, -0.2) is 4.90 Å². The van der Waals surface area contributed by atoms with Crippen molar-refractivity contribution in [3.63, 3.8) is 0 Å². The summed E-state index contributed by atoms with van der Waals surface area (Å²) >= 11 is 6.39. The van der Waals surface area contributed by atoms with Crippen molar-refractivity contribution in [1.82, 2.24) is 4.90 Å². The van der Waals surface area contributed by atoms with Crippen LogP contribution < -0.4 is 9.64 Å². The number of aromatic hydroxyl groups is 1. The van der Waals surface area contributed by atoms with E-state index in [0.717, 1.165) is 11.1 Å². The number of rotatable bonds is 6. The van der Waals surface area contributed by atoms with Gasteiger partial charge in [0.15, 0.2) is 0 Å². The Bertz CT molecular complexity index is 2050. The van der Waals surface area contributed by atoms with Crippen LogP contribution in [0.5, 0.6) is 11.5 Å². The number of likely N-dealkylation sites (tertiary alicyclic amines) is 1. The van der Waals surface area contributed by atoms with Gasteiger partial charge in [-0.15, -0.1) is 0 Å². The van der Waals surface area contributed by atoms with Gasteiger partial charge in [0.25, 0.3) is 0 Å². The van der Waals surface area contributed by atoms with E-state index in [2.05, 4.69) is 0 Å². The normalized spacial score (nSPS) is 27.5. The van der Waals surface area contributed by atoms with Crippen LogP contribution in [0.3, 0.4) is 0 Å². The average molecular weight is 673 g/mol. The molecule has 0 radical (unpaired) electrons. The molecule has 0 bridgehead atoms. The number of nitrogens with zero attached hydrogens (tertiary/aromatic N) is 2. The number of methoxy groups -OCH3 is 1. The number of amides is 4. The minimum Gasteiger partial charge on any atom is -0.508 e. The number of carbonyl (C=O) groups is 4. The average Bonchev–Trinajstić information content (AvgIpc) is 3.49. The molecule has 0 unspecified atom stereocenters. The van der Waals surface area contributed by atoms with E-state index in [-0.39, 0.29) is 37.0 Å².